The summed E-state index contributed by atoms with van der Waals surface area (Å²) in [5, 5.41) is 8.41. The maximum Gasteiger partial charge on any atom is 0.245 e. The molecule has 0 spiro atoms. The number of fused-ring (bicyclic) bond motifs is 1. The summed E-state index contributed by atoms with van der Waals surface area (Å²) in [6.45, 7) is 4.29. The minimum absolute atomic E-state index is 0.449. The van der Waals surface area contributed by atoms with E-state index in [1.165, 1.54) is 5.69 Å². The zero-order valence-corrected chi connectivity index (χ0v) is 17.4. The largest absolute Gasteiger partial charge is 0.369 e. The average Bonchev–Trinajstić information content (AvgIpc) is 3.18. The topological polar surface area (TPSA) is 61.6 Å². The van der Waals surface area contributed by atoms with Crippen LogP contribution in [0.4, 0.5) is 17.3 Å². The molecule has 4 heterocycles. The van der Waals surface area contributed by atoms with Crippen LogP contribution in [0.25, 0.3) is 16.8 Å². The molecule has 0 bridgehead atoms. The highest BCUT2D eigenvalue weighted by Crippen LogP contribution is 2.27. The van der Waals surface area contributed by atoms with E-state index < -0.39 is 0 Å². The molecule has 0 radical (unpaired) electrons. The summed E-state index contributed by atoms with van der Waals surface area (Å²) < 4.78 is 1.83. The molecule has 1 aliphatic heterocycles. The normalized spacial score (nSPS) is 14.9. The van der Waals surface area contributed by atoms with Crippen molar-refractivity contribution >= 4 is 34.4 Å². The Kier molecular flexibility index (Phi) is 4.98. The number of hydrogen-bond donors (Lipinski definition) is 1. The van der Waals surface area contributed by atoms with E-state index >= 15 is 0 Å². The number of aromatic nitrogens is 4. The van der Waals surface area contributed by atoms with Crippen LogP contribution in [-0.2, 0) is 0 Å². The molecule has 0 unspecified atom stereocenters. The number of piperazine rings is 1. The van der Waals surface area contributed by atoms with Crippen LogP contribution in [0.3, 0.4) is 0 Å². The van der Waals surface area contributed by atoms with Gasteiger partial charge in [0.2, 0.25) is 5.95 Å². The molecule has 5 rings (SSSR count). The number of rotatable bonds is 4. The molecule has 1 aromatic carbocycles. The minimum atomic E-state index is 0.449. The molecule has 3 aromatic heterocycles. The first-order chi connectivity index (χ1) is 14.7. The van der Waals surface area contributed by atoms with E-state index in [-0.39, 0.29) is 0 Å². The fraction of sp³-hybridized carbons (Fsp3) is 0.227. The molecular weight excluding hydrogens is 398 g/mol. The Bertz CT molecular complexity index is 1160. The van der Waals surface area contributed by atoms with E-state index in [0.29, 0.717) is 11.1 Å². The van der Waals surface area contributed by atoms with Crippen LogP contribution in [0, 0.1) is 0 Å². The Morgan fingerprint density at radius 3 is 2.50 bits per heavy atom. The molecule has 0 amide bonds. The highest BCUT2D eigenvalue weighted by atomic mass is 35.5. The van der Waals surface area contributed by atoms with E-state index in [1.807, 2.05) is 28.8 Å². The van der Waals surface area contributed by atoms with Gasteiger partial charge in [-0.25, -0.2) is 14.5 Å². The van der Waals surface area contributed by atoms with E-state index in [2.05, 4.69) is 61.5 Å². The summed E-state index contributed by atoms with van der Waals surface area (Å²) in [5.74, 6) is 0.521. The zero-order valence-electron chi connectivity index (χ0n) is 16.7. The number of hydrogen-bond acceptors (Lipinski definition) is 6. The van der Waals surface area contributed by atoms with Gasteiger partial charge >= 0.3 is 0 Å². The zero-order chi connectivity index (χ0) is 20.5. The van der Waals surface area contributed by atoms with Gasteiger partial charge in [0.05, 0.1) is 17.4 Å². The third-order valence-corrected chi connectivity index (χ3v) is 5.73. The van der Waals surface area contributed by atoms with Gasteiger partial charge in [-0.3, -0.25) is 0 Å². The molecular formula is C22H22ClN7. The lowest BCUT2D eigenvalue weighted by Crippen LogP contribution is -2.44. The maximum atomic E-state index is 6.28. The lowest BCUT2D eigenvalue weighted by atomic mass is 10.2. The van der Waals surface area contributed by atoms with Gasteiger partial charge in [-0.15, -0.1) is 5.10 Å². The van der Waals surface area contributed by atoms with Crippen LogP contribution >= 0.6 is 11.6 Å². The molecule has 0 saturated carbocycles. The van der Waals surface area contributed by atoms with Crippen molar-refractivity contribution in [2.75, 3.05) is 43.4 Å². The second-order valence-electron chi connectivity index (χ2n) is 7.44. The Labute approximate surface area is 179 Å². The van der Waals surface area contributed by atoms with Crippen molar-refractivity contribution in [3.63, 3.8) is 0 Å². The molecule has 1 saturated heterocycles. The van der Waals surface area contributed by atoms with Gasteiger partial charge in [-0.2, -0.15) is 0 Å². The second-order valence-corrected chi connectivity index (χ2v) is 7.80. The maximum absolute atomic E-state index is 6.28. The number of nitrogens with one attached hydrogen (secondary N) is 1. The van der Waals surface area contributed by atoms with E-state index in [9.17, 15) is 0 Å². The third-order valence-electron chi connectivity index (χ3n) is 5.43. The van der Waals surface area contributed by atoms with Crippen LogP contribution in [0.15, 0.2) is 60.9 Å². The first-order valence-corrected chi connectivity index (χ1v) is 10.3. The van der Waals surface area contributed by atoms with Crippen LogP contribution in [0.1, 0.15) is 0 Å². The number of pyridine rings is 1. The third kappa shape index (κ3) is 3.69. The monoisotopic (exact) mass is 419 g/mol. The standard InChI is InChI=1S/C22H22ClN7/c1-28-11-13-29(14-12-28)17-6-4-16(5-7-17)26-22-25-15-18-8-9-20(30(18)27-22)19-3-2-10-24-21(19)23/h2-10,15H,11-14H2,1H3,(H,26,27). The first-order valence-electron chi connectivity index (χ1n) is 9.94. The van der Waals surface area contributed by atoms with Gasteiger partial charge in [-0.1, -0.05) is 11.6 Å². The minimum Gasteiger partial charge on any atom is -0.369 e. The van der Waals surface area contributed by atoms with Crippen LogP contribution in [-0.4, -0.2) is 57.7 Å². The van der Waals surface area contributed by atoms with Crippen molar-refractivity contribution in [1.29, 1.82) is 0 Å². The molecule has 8 heteroatoms. The van der Waals surface area contributed by atoms with Crippen LogP contribution < -0.4 is 10.2 Å². The highest BCUT2D eigenvalue weighted by Gasteiger charge is 2.14. The van der Waals surface area contributed by atoms with Crippen molar-refractivity contribution in [3.05, 3.63) is 66.1 Å². The summed E-state index contributed by atoms with van der Waals surface area (Å²) in [5.41, 5.74) is 4.78. The summed E-state index contributed by atoms with van der Waals surface area (Å²) in [6, 6.07) is 16.2. The van der Waals surface area contributed by atoms with Gasteiger partial charge in [0, 0.05) is 49.3 Å². The molecule has 30 heavy (non-hydrogen) atoms. The van der Waals surface area contributed by atoms with Crippen molar-refractivity contribution in [1.82, 2.24) is 24.5 Å². The Morgan fingerprint density at radius 2 is 1.73 bits per heavy atom. The predicted molar refractivity (Wildman–Crippen MR) is 121 cm³/mol. The molecule has 152 valence electrons. The Balaban J connectivity index is 1.38. The Morgan fingerprint density at radius 1 is 0.933 bits per heavy atom. The fourth-order valence-electron chi connectivity index (χ4n) is 3.69. The molecule has 1 N–H and O–H groups in total. The molecule has 1 fully saturated rings. The number of anilines is 3. The molecule has 0 atom stereocenters. The first kappa shape index (κ1) is 18.8. The number of benzene rings is 1. The lowest BCUT2D eigenvalue weighted by molar-refractivity contribution is 0.313. The van der Waals surface area contributed by atoms with E-state index in [1.54, 1.807) is 12.4 Å². The fourth-order valence-corrected chi connectivity index (χ4v) is 3.91. The van der Waals surface area contributed by atoms with Gasteiger partial charge in [0.15, 0.2) is 0 Å². The van der Waals surface area contributed by atoms with Crippen LogP contribution in [0.5, 0.6) is 0 Å². The predicted octanol–water partition coefficient (Wildman–Crippen LogP) is 3.94. The second kappa shape index (κ2) is 7.93. The van der Waals surface area contributed by atoms with Gasteiger partial charge in [0.25, 0.3) is 0 Å². The average molecular weight is 420 g/mol. The van der Waals surface area contributed by atoms with E-state index in [0.717, 1.165) is 48.6 Å². The number of nitrogens with zero attached hydrogens (tertiary/aromatic N) is 6. The van der Waals surface area contributed by atoms with Gasteiger partial charge in [0.1, 0.15) is 5.15 Å². The van der Waals surface area contributed by atoms with Crippen molar-refractivity contribution in [3.8, 4) is 11.3 Å². The quantitative estimate of drug-likeness (QED) is 0.505. The molecule has 7 nitrogen and oxygen atoms in total. The molecule has 0 aliphatic carbocycles. The SMILES string of the molecule is CN1CCN(c2ccc(Nc3ncc4ccc(-c5cccnc5Cl)n4n3)cc2)CC1. The lowest BCUT2D eigenvalue weighted by Gasteiger charge is -2.34. The molecule has 1 aliphatic rings. The van der Waals surface area contributed by atoms with Crippen LogP contribution in [0.2, 0.25) is 5.15 Å². The highest BCUT2D eigenvalue weighted by molar-refractivity contribution is 6.32. The van der Waals surface area contributed by atoms with Crippen molar-refractivity contribution in [2.24, 2.45) is 0 Å². The van der Waals surface area contributed by atoms with Gasteiger partial charge < -0.3 is 15.1 Å². The summed E-state index contributed by atoms with van der Waals surface area (Å²) in [7, 11) is 2.17. The Hall–Kier alpha value is -3.16. The number of halogens is 1. The summed E-state index contributed by atoms with van der Waals surface area (Å²) in [4.78, 5) is 13.4. The number of likely N-dealkylation sites (N-methyl/N-ethyl adjacent to an activating group) is 1. The smallest absolute Gasteiger partial charge is 0.245 e. The molecule has 4 aromatic rings. The summed E-state index contributed by atoms with van der Waals surface area (Å²) >= 11 is 6.28. The van der Waals surface area contributed by atoms with Crippen molar-refractivity contribution < 1.29 is 0 Å². The summed E-state index contributed by atoms with van der Waals surface area (Å²) in [6.07, 6.45) is 3.47. The van der Waals surface area contributed by atoms with E-state index in [4.69, 9.17) is 11.6 Å². The van der Waals surface area contributed by atoms with Gasteiger partial charge in [-0.05, 0) is 55.6 Å². The van der Waals surface area contributed by atoms with Crippen molar-refractivity contribution in [2.45, 2.75) is 0 Å².